The minimum absolute atomic E-state index is 0.546. The molecule has 88 valence electrons. The molecule has 2 aliphatic carbocycles. The first-order valence-corrected chi connectivity index (χ1v) is 7.52. The molecule has 2 fully saturated rings. The monoisotopic (exact) mass is 274 g/mol. The molecule has 0 aromatic heterocycles. The van der Waals surface area contributed by atoms with Crippen molar-refractivity contribution in [1.29, 1.82) is 0 Å². The van der Waals surface area contributed by atoms with E-state index in [2.05, 4.69) is 15.9 Å². The van der Waals surface area contributed by atoms with Crippen LogP contribution in [-0.4, -0.2) is 17.5 Å². The lowest BCUT2D eigenvalue weighted by molar-refractivity contribution is 0.00292. The summed E-state index contributed by atoms with van der Waals surface area (Å²) in [5.74, 6) is 0.870. The molecule has 2 saturated carbocycles. The quantitative estimate of drug-likeness (QED) is 0.698. The molecule has 2 unspecified atom stereocenters. The van der Waals surface area contributed by atoms with Gasteiger partial charge in [0.05, 0.1) is 6.10 Å². The molecule has 0 bridgehead atoms. The van der Waals surface area contributed by atoms with Crippen molar-refractivity contribution in [3.63, 3.8) is 0 Å². The van der Waals surface area contributed by atoms with Crippen molar-refractivity contribution in [3.05, 3.63) is 0 Å². The van der Waals surface area contributed by atoms with E-state index >= 15 is 0 Å². The van der Waals surface area contributed by atoms with Crippen LogP contribution in [0.25, 0.3) is 0 Å². The Hall–Kier alpha value is 0.440. The van der Waals surface area contributed by atoms with Crippen LogP contribution in [0.4, 0.5) is 0 Å². The van der Waals surface area contributed by atoms with Crippen LogP contribution in [0, 0.1) is 5.92 Å². The molecule has 0 saturated heterocycles. The van der Waals surface area contributed by atoms with Crippen LogP contribution in [-0.2, 0) is 4.74 Å². The van der Waals surface area contributed by atoms with E-state index in [0.29, 0.717) is 10.9 Å². The van der Waals surface area contributed by atoms with Gasteiger partial charge in [0.25, 0.3) is 0 Å². The molecule has 2 aliphatic rings. The van der Waals surface area contributed by atoms with Crippen molar-refractivity contribution in [2.24, 2.45) is 5.92 Å². The van der Waals surface area contributed by atoms with E-state index in [1.54, 1.807) is 0 Å². The third-order valence-corrected chi connectivity index (χ3v) is 4.69. The molecule has 2 heteroatoms. The van der Waals surface area contributed by atoms with Crippen LogP contribution in [0.1, 0.15) is 57.8 Å². The molecule has 2 rings (SSSR count). The van der Waals surface area contributed by atoms with E-state index < -0.39 is 0 Å². The van der Waals surface area contributed by atoms with Gasteiger partial charge in [-0.05, 0) is 44.4 Å². The van der Waals surface area contributed by atoms with Gasteiger partial charge in [0.15, 0.2) is 0 Å². The van der Waals surface area contributed by atoms with Crippen molar-refractivity contribution in [1.82, 2.24) is 0 Å². The highest BCUT2D eigenvalue weighted by molar-refractivity contribution is 9.09. The van der Waals surface area contributed by atoms with Gasteiger partial charge in [0.2, 0.25) is 0 Å². The lowest BCUT2D eigenvalue weighted by atomic mass is 9.90. The van der Waals surface area contributed by atoms with Gasteiger partial charge < -0.3 is 4.74 Å². The number of ether oxygens (including phenoxy) is 1. The van der Waals surface area contributed by atoms with Crippen LogP contribution in [0.2, 0.25) is 0 Å². The lowest BCUT2D eigenvalue weighted by Crippen LogP contribution is -2.26. The van der Waals surface area contributed by atoms with E-state index in [1.165, 1.54) is 57.8 Å². The number of hydrogen-bond donors (Lipinski definition) is 0. The Bertz CT molecular complexity index is 177. The SMILES string of the molecule is BrC1CCCC(OCC2CCCCC2)C1. The predicted molar refractivity (Wildman–Crippen MR) is 67.5 cm³/mol. The summed E-state index contributed by atoms with van der Waals surface area (Å²) >= 11 is 3.71. The van der Waals surface area contributed by atoms with E-state index in [9.17, 15) is 0 Å². The Morgan fingerprint density at radius 1 is 0.933 bits per heavy atom. The summed E-state index contributed by atoms with van der Waals surface area (Å²) in [6.07, 6.45) is 12.9. The highest BCUT2D eigenvalue weighted by atomic mass is 79.9. The second kappa shape index (κ2) is 6.24. The molecular formula is C13H23BrO. The first-order chi connectivity index (χ1) is 7.34. The molecule has 0 amide bonds. The van der Waals surface area contributed by atoms with Crippen molar-refractivity contribution in [3.8, 4) is 0 Å². The highest BCUT2D eigenvalue weighted by Gasteiger charge is 2.22. The minimum atomic E-state index is 0.546. The molecule has 1 nitrogen and oxygen atoms in total. The van der Waals surface area contributed by atoms with Gasteiger partial charge in [-0.2, -0.15) is 0 Å². The maximum atomic E-state index is 6.06. The molecule has 0 N–H and O–H groups in total. The zero-order valence-electron chi connectivity index (χ0n) is 9.59. The molecule has 0 heterocycles. The minimum Gasteiger partial charge on any atom is -0.378 e. The van der Waals surface area contributed by atoms with Gasteiger partial charge in [-0.1, -0.05) is 35.2 Å². The zero-order chi connectivity index (χ0) is 10.5. The molecule has 0 aromatic carbocycles. The number of alkyl halides is 1. The Kier molecular flexibility index (Phi) is 4.96. The van der Waals surface area contributed by atoms with Crippen molar-refractivity contribution in [2.45, 2.75) is 68.7 Å². The van der Waals surface area contributed by atoms with Crippen LogP contribution in [0.3, 0.4) is 0 Å². The predicted octanol–water partition coefficient (Wildman–Crippen LogP) is 4.29. The molecule has 0 aromatic rings. The summed E-state index contributed by atoms with van der Waals surface area (Å²) in [7, 11) is 0. The second-order valence-corrected chi connectivity index (χ2v) is 6.52. The van der Waals surface area contributed by atoms with Gasteiger partial charge in [-0.3, -0.25) is 0 Å². The lowest BCUT2D eigenvalue weighted by Gasteiger charge is -2.29. The van der Waals surface area contributed by atoms with E-state index in [1.807, 2.05) is 0 Å². The van der Waals surface area contributed by atoms with Gasteiger partial charge in [0, 0.05) is 11.4 Å². The Balaban J connectivity index is 1.63. The fraction of sp³-hybridized carbons (Fsp3) is 1.00. The average Bonchev–Trinajstić information content (AvgIpc) is 2.28. The third kappa shape index (κ3) is 4.07. The zero-order valence-corrected chi connectivity index (χ0v) is 11.2. The number of hydrogen-bond acceptors (Lipinski definition) is 1. The smallest absolute Gasteiger partial charge is 0.0586 e. The van der Waals surface area contributed by atoms with Gasteiger partial charge >= 0.3 is 0 Å². The maximum Gasteiger partial charge on any atom is 0.0586 e. The van der Waals surface area contributed by atoms with Crippen molar-refractivity contribution < 1.29 is 4.74 Å². The summed E-state index contributed by atoms with van der Waals surface area (Å²) in [6, 6.07) is 0. The normalized spacial score (nSPS) is 34.2. The summed E-state index contributed by atoms with van der Waals surface area (Å²) < 4.78 is 6.06. The standard InChI is InChI=1S/C13H23BrO/c14-12-7-4-8-13(9-12)15-10-11-5-2-1-3-6-11/h11-13H,1-10H2. The molecule has 0 aliphatic heterocycles. The molecular weight excluding hydrogens is 252 g/mol. The Morgan fingerprint density at radius 2 is 1.73 bits per heavy atom. The molecule has 0 radical (unpaired) electrons. The molecule has 15 heavy (non-hydrogen) atoms. The molecule has 2 atom stereocenters. The fourth-order valence-corrected chi connectivity index (χ4v) is 3.61. The van der Waals surface area contributed by atoms with Crippen LogP contribution in [0.15, 0.2) is 0 Å². The fourth-order valence-electron chi connectivity index (χ4n) is 2.87. The first kappa shape index (κ1) is 11.9. The van der Waals surface area contributed by atoms with Crippen molar-refractivity contribution >= 4 is 15.9 Å². The van der Waals surface area contributed by atoms with E-state index in [4.69, 9.17) is 4.74 Å². The second-order valence-electron chi connectivity index (χ2n) is 5.22. The Morgan fingerprint density at radius 3 is 2.47 bits per heavy atom. The van der Waals surface area contributed by atoms with Gasteiger partial charge in [-0.15, -0.1) is 0 Å². The van der Waals surface area contributed by atoms with E-state index in [-0.39, 0.29) is 0 Å². The number of rotatable bonds is 3. The highest BCUT2D eigenvalue weighted by Crippen LogP contribution is 2.29. The topological polar surface area (TPSA) is 9.23 Å². The van der Waals surface area contributed by atoms with Crippen molar-refractivity contribution in [2.75, 3.05) is 6.61 Å². The van der Waals surface area contributed by atoms with Crippen LogP contribution >= 0.6 is 15.9 Å². The maximum absolute atomic E-state index is 6.06. The molecule has 0 spiro atoms. The Labute approximate surface area is 102 Å². The van der Waals surface area contributed by atoms with Crippen LogP contribution < -0.4 is 0 Å². The van der Waals surface area contributed by atoms with Crippen LogP contribution in [0.5, 0.6) is 0 Å². The summed E-state index contributed by atoms with van der Waals surface area (Å²) in [5.41, 5.74) is 0. The third-order valence-electron chi connectivity index (χ3n) is 3.85. The number of halogens is 1. The summed E-state index contributed by atoms with van der Waals surface area (Å²) in [4.78, 5) is 0.711. The van der Waals surface area contributed by atoms with Gasteiger partial charge in [-0.25, -0.2) is 0 Å². The van der Waals surface area contributed by atoms with Gasteiger partial charge in [0.1, 0.15) is 0 Å². The average molecular weight is 275 g/mol. The summed E-state index contributed by atoms with van der Waals surface area (Å²) in [6.45, 7) is 1.03. The largest absolute Gasteiger partial charge is 0.378 e. The summed E-state index contributed by atoms with van der Waals surface area (Å²) in [5, 5.41) is 0. The van der Waals surface area contributed by atoms with E-state index in [0.717, 1.165) is 12.5 Å². The first-order valence-electron chi connectivity index (χ1n) is 6.60.